The van der Waals surface area contributed by atoms with Gasteiger partial charge in [-0.25, -0.2) is 4.79 Å². The number of nitro groups is 1. The molecule has 1 fully saturated rings. The number of amides is 1. The summed E-state index contributed by atoms with van der Waals surface area (Å²) < 4.78 is 11.7. The Hall–Kier alpha value is -3.89. The molecule has 3 aromatic rings. The quantitative estimate of drug-likeness (QED) is 0.171. The maximum absolute atomic E-state index is 13.3. The third-order valence-electron chi connectivity index (χ3n) is 6.96. The monoisotopic (exact) mass is 539 g/mol. The number of ether oxygens (including phenoxy) is 2. The number of benzene rings is 2. The van der Waals surface area contributed by atoms with E-state index in [1.54, 1.807) is 0 Å². The van der Waals surface area contributed by atoms with Gasteiger partial charge in [0.2, 0.25) is 12.8 Å². The zero-order chi connectivity index (χ0) is 26.8. The fourth-order valence-corrected chi connectivity index (χ4v) is 5.20. The summed E-state index contributed by atoms with van der Waals surface area (Å²) in [6.07, 6.45) is 0.427. The number of carbonyl (C=O) groups excluding carboxylic acids is 2. The highest BCUT2D eigenvalue weighted by Crippen LogP contribution is 2.44. The molecule has 38 heavy (non-hydrogen) atoms. The van der Waals surface area contributed by atoms with Crippen molar-refractivity contribution in [1.29, 1.82) is 0 Å². The van der Waals surface area contributed by atoms with E-state index in [4.69, 9.17) is 25.9 Å². The number of methoxy groups -OCH3 is 1. The lowest BCUT2D eigenvalue weighted by Crippen LogP contribution is -2.43. The Bertz CT molecular complexity index is 1330. The maximum atomic E-state index is 13.3. The highest BCUT2D eigenvalue weighted by Gasteiger charge is 2.50. The summed E-state index contributed by atoms with van der Waals surface area (Å²) in [5, 5.41) is 14.0. The first-order valence-electron chi connectivity index (χ1n) is 12.2. The van der Waals surface area contributed by atoms with Crippen LogP contribution in [0.2, 0.25) is 5.15 Å². The van der Waals surface area contributed by atoms with Crippen LogP contribution in [0.25, 0.3) is 11.1 Å². The molecule has 10 nitrogen and oxygen atoms in total. The zero-order valence-electron chi connectivity index (χ0n) is 20.5. The molecule has 1 amide bonds. The highest BCUT2D eigenvalue weighted by molar-refractivity contribution is 6.30. The molecular weight excluding hydrogens is 514 g/mol. The third kappa shape index (κ3) is 5.09. The van der Waals surface area contributed by atoms with E-state index >= 15 is 0 Å². The van der Waals surface area contributed by atoms with Gasteiger partial charge in [-0.2, -0.15) is 4.73 Å². The molecule has 2 aliphatic carbocycles. The standard InChI is InChI=1S/C27H26ClN3O7/c1-36-15-38-30-23(10-11-25(30)28)26(32)29-22(12-16-13-24(16)31(34)35)27(33)37-14-21-19-8-4-2-6-17(19)18-7-3-5-9-20(18)21/h2-11,16,21-22,24H,12-15H2,1H3,(H,29,32)/t16-,22+,24-/m1/s1. The van der Waals surface area contributed by atoms with Crippen molar-refractivity contribution in [2.75, 3.05) is 20.5 Å². The van der Waals surface area contributed by atoms with E-state index in [1.165, 1.54) is 19.2 Å². The molecule has 1 saturated carbocycles. The van der Waals surface area contributed by atoms with E-state index in [0.29, 0.717) is 6.42 Å². The molecule has 5 rings (SSSR count). The summed E-state index contributed by atoms with van der Waals surface area (Å²) in [5.41, 5.74) is 4.34. The van der Waals surface area contributed by atoms with Crippen LogP contribution >= 0.6 is 11.6 Å². The molecule has 1 aromatic heterocycles. The largest absolute Gasteiger partial charge is 0.463 e. The van der Waals surface area contributed by atoms with E-state index in [2.05, 4.69) is 5.32 Å². The minimum Gasteiger partial charge on any atom is -0.463 e. The predicted octanol–water partition coefficient (Wildman–Crippen LogP) is 3.68. The Morgan fingerprint density at radius 1 is 1.11 bits per heavy atom. The van der Waals surface area contributed by atoms with Gasteiger partial charge in [0, 0.05) is 30.3 Å². The summed E-state index contributed by atoms with van der Waals surface area (Å²) in [6.45, 7) is -0.0845. The van der Waals surface area contributed by atoms with Crippen LogP contribution in [-0.2, 0) is 14.3 Å². The van der Waals surface area contributed by atoms with Gasteiger partial charge in [-0.15, -0.1) is 0 Å². The molecular formula is C27H26ClN3O7. The molecule has 0 aliphatic heterocycles. The number of rotatable bonds is 11. The number of hydrogen-bond donors (Lipinski definition) is 1. The van der Waals surface area contributed by atoms with Crippen LogP contribution in [0.1, 0.15) is 40.4 Å². The summed E-state index contributed by atoms with van der Waals surface area (Å²) in [6, 6.07) is 17.0. The lowest BCUT2D eigenvalue weighted by Gasteiger charge is -2.20. The van der Waals surface area contributed by atoms with Gasteiger partial charge >= 0.3 is 5.97 Å². The average molecular weight is 540 g/mol. The number of aromatic nitrogens is 1. The van der Waals surface area contributed by atoms with Gasteiger partial charge in [0.05, 0.1) is 0 Å². The first-order chi connectivity index (χ1) is 18.4. The van der Waals surface area contributed by atoms with Gasteiger partial charge in [0.15, 0.2) is 0 Å². The molecule has 2 aliphatic rings. The predicted molar refractivity (Wildman–Crippen MR) is 137 cm³/mol. The number of hydrogen-bond acceptors (Lipinski definition) is 7. The number of halogens is 1. The van der Waals surface area contributed by atoms with Crippen LogP contribution in [0.3, 0.4) is 0 Å². The minimum atomic E-state index is -1.09. The van der Waals surface area contributed by atoms with Crippen molar-refractivity contribution in [3.63, 3.8) is 0 Å². The van der Waals surface area contributed by atoms with Crippen molar-refractivity contribution in [1.82, 2.24) is 10.0 Å². The van der Waals surface area contributed by atoms with Crippen molar-refractivity contribution in [3.8, 4) is 11.1 Å². The Morgan fingerprint density at radius 3 is 2.37 bits per heavy atom. The topological polar surface area (TPSA) is 122 Å². The maximum Gasteiger partial charge on any atom is 0.328 e. The van der Waals surface area contributed by atoms with E-state index < -0.39 is 24.0 Å². The number of esters is 1. The van der Waals surface area contributed by atoms with Crippen LogP contribution in [0.5, 0.6) is 0 Å². The van der Waals surface area contributed by atoms with Gasteiger partial charge in [-0.1, -0.05) is 60.1 Å². The van der Waals surface area contributed by atoms with Gasteiger partial charge in [0.1, 0.15) is 23.5 Å². The van der Waals surface area contributed by atoms with Crippen LogP contribution in [0, 0.1) is 16.0 Å². The number of fused-ring (bicyclic) bond motifs is 3. The fourth-order valence-electron chi connectivity index (χ4n) is 5.00. The molecule has 1 N–H and O–H groups in total. The molecule has 0 bridgehead atoms. The average Bonchev–Trinajstić information content (AvgIpc) is 3.50. The van der Waals surface area contributed by atoms with Crippen molar-refractivity contribution in [3.05, 3.63) is 92.8 Å². The Balaban J connectivity index is 1.32. The summed E-state index contributed by atoms with van der Waals surface area (Å²) in [4.78, 5) is 42.6. The normalized spacial score (nSPS) is 18.3. The van der Waals surface area contributed by atoms with E-state index in [0.717, 1.165) is 27.0 Å². The molecule has 0 unspecified atom stereocenters. The van der Waals surface area contributed by atoms with E-state index in [-0.39, 0.29) is 47.4 Å². The van der Waals surface area contributed by atoms with Crippen molar-refractivity contribution >= 4 is 23.5 Å². The van der Waals surface area contributed by atoms with Crippen molar-refractivity contribution in [2.45, 2.75) is 30.8 Å². The van der Waals surface area contributed by atoms with Gasteiger partial charge in [0.25, 0.3) is 5.91 Å². The van der Waals surface area contributed by atoms with E-state index in [1.807, 2.05) is 48.5 Å². The Morgan fingerprint density at radius 2 is 1.76 bits per heavy atom. The second kappa shape index (κ2) is 10.8. The summed E-state index contributed by atoms with van der Waals surface area (Å²) in [7, 11) is 1.42. The Labute approximate surface area is 223 Å². The molecule has 11 heteroatoms. The van der Waals surface area contributed by atoms with Crippen molar-refractivity contribution < 1.29 is 28.8 Å². The summed E-state index contributed by atoms with van der Waals surface area (Å²) in [5.74, 6) is -1.79. The number of carbonyl (C=O) groups is 2. The second-order valence-corrected chi connectivity index (χ2v) is 9.73. The van der Waals surface area contributed by atoms with Crippen LogP contribution in [0.15, 0.2) is 60.7 Å². The first kappa shape index (κ1) is 25.7. The number of nitrogens with zero attached hydrogens (tertiary/aromatic N) is 2. The molecule has 198 valence electrons. The minimum absolute atomic E-state index is 0.0464. The Kier molecular flexibility index (Phi) is 7.35. The molecule has 0 radical (unpaired) electrons. The fraction of sp³-hybridized carbons (Fsp3) is 0.333. The highest BCUT2D eigenvalue weighted by atomic mass is 35.5. The zero-order valence-corrected chi connectivity index (χ0v) is 21.3. The smallest absolute Gasteiger partial charge is 0.328 e. The lowest BCUT2D eigenvalue weighted by atomic mass is 9.98. The third-order valence-corrected chi connectivity index (χ3v) is 7.24. The van der Waals surface area contributed by atoms with Crippen molar-refractivity contribution in [2.24, 2.45) is 5.92 Å². The van der Waals surface area contributed by atoms with Crippen LogP contribution < -0.4 is 10.2 Å². The first-order valence-corrected chi connectivity index (χ1v) is 12.6. The SMILES string of the molecule is COCOn1c(Cl)ccc1C(=O)N[C@@H](C[C@@H]1C[C@H]1[N+](=O)[O-])C(=O)OCC1c2ccccc2-c2ccccc21. The van der Waals surface area contributed by atoms with Crippen LogP contribution in [-0.4, -0.2) is 54.1 Å². The number of nitrogens with one attached hydrogen (secondary N) is 1. The molecule has 1 heterocycles. The summed E-state index contributed by atoms with van der Waals surface area (Å²) >= 11 is 6.11. The van der Waals surface area contributed by atoms with E-state index in [9.17, 15) is 19.7 Å². The second-order valence-electron chi connectivity index (χ2n) is 9.34. The molecule has 0 saturated heterocycles. The molecule has 3 atom stereocenters. The van der Waals surface area contributed by atoms with Gasteiger partial charge in [-0.3, -0.25) is 14.9 Å². The van der Waals surface area contributed by atoms with Crippen LogP contribution in [0.4, 0.5) is 0 Å². The lowest BCUT2D eigenvalue weighted by molar-refractivity contribution is -0.498. The van der Waals surface area contributed by atoms with Gasteiger partial charge in [-0.05, 0) is 40.8 Å². The molecule has 0 spiro atoms. The van der Waals surface area contributed by atoms with Gasteiger partial charge < -0.3 is 19.6 Å². The molecule has 2 aromatic carbocycles.